The fourth-order valence-corrected chi connectivity index (χ4v) is 1.82. The van der Waals surface area contributed by atoms with Crippen molar-refractivity contribution in [2.75, 3.05) is 13.2 Å². The number of aromatic amines is 1. The van der Waals surface area contributed by atoms with Crippen molar-refractivity contribution < 1.29 is 4.74 Å². The van der Waals surface area contributed by atoms with Crippen molar-refractivity contribution >= 4 is 0 Å². The fraction of sp³-hybridized carbons (Fsp3) is 0.700. The van der Waals surface area contributed by atoms with E-state index >= 15 is 0 Å². The summed E-state index contributed by atoms with van der Waals surface area (Å²) in [5, 5.41) is 10.4. The molecule has 14 heavy (non-hydrogen) atoms. The van der Waals surface area contributed by atoms with E-state index in [1.54, 1.807) is 6.20 Å². The summed E-state index contributed by atoms with van der Waals surface area (Å²) in [5.41, 5.74) is 1.13. The van der Waals surface area contributed by atoms with E-state index in [2.05, 4.69) is 22.4 Å². The second-order valence-electron chi connectivity index (χ2n) is 3.81. The molecule has 0 aromatic carbocycles. The summed E-state index contributed by atoms with van der Waals surface area (Å²) in [6.45, 7) is 3.89. The predicted octanol–water partition coefficient (Wildman–Crippen LogP) is 1.24. The van der Waals surface area contributed by atoms with Gasteiger partial charge in [-0.15, -0.1) is 0 Å². The number of H-pyrrole nitrogens is 1. The molecule has 4 heteroatoms. The van der Waals surface area contributed by atoms with Crippen LogP contribution in [0.4, 0.5) is 0 Å². The number of aromatic nitrogens is 2. The molecule has 4 nitrogen and oxygen atoms in total. The highest BCUT2D eigenvalue weighted by atomic mass is 16.5. The molecule has 1 saturated heterocycles. The minimum Gasteiger partial charge on any atom is -0.380 e. The molecular weight excluding hydrogens is 178 g/mol. The molecule has 1 aromatic heterocycles. The third-order valence-electron chi connectivity index (χ3n) is 2.63. The summed E-state index contributed by atoms with van der Waals surface area (Å²) in [6.07, 6.45) is 4.15. The predicted molar refractivity (Wildman–Crippen MR) is 54.0 cm³/mol. The van der Waals surface area contributed by atoms with E-state index in [1.807, 2.05) is 6.07 Å². The second kappa shape index (κ2) is 4.57. The lowest BCUT2D eigenvalue weighted by molar-refractivity contribution is 0.0669. The van der Waals surface area contributed by atoms with Crippen LogP contribution in [0, 0.1) is 0 Å². The first-order valence-electron chi connectivity index (χ1n) is 5.19. The summed E-state index contributed by atoms with van der Waals surface area (Å²) < 4.78 is 5.41. The molecule has 0 bridgehead atoms. The Hall–Kier alpha value is -0.870. The summed E-state index contributed by atoms with van der Waals surface area (Å²) in [6, 6.07) is 2.81. The molecule has 0 aliphatic carbocycles. The zero-order valence-corrected chi connectivity index (χ0v) is 8.49. The van der Waals surface area contributed by atoms with Gasteiger partial charge in [0.25, 0.3) is 0 Å². The van der Waals surface area contributed by atoms with Gasteiger partial charge in [-0.05, 0) is 25.8 Å². The summed E-state index contributed by atoms with van der Waals surface area (Å²) in [5.74, 6) is 0. The summed E-state index contributed by atoms with van der Waals surface area (Å²) >= 11 is 0. The smallest absolute Gasteiger partial charge is 0.0619 e. The highest BCUT2D eigenvalue weighted by molar-refractivity contribution is 5.03. The van der Waals surface area contributed by atoms with E-state index in [9.17, 15) is 0 Å². The van der Waals surface area contributed by atoms with Gasteiger partial charge < -0.3 is 10.1 Å². The number of ether oxygens (including phenoxy) is 1. The molecule has 78 valence electrons. The third-order valence-corrected chi connectivity index (χ3v) is 2.63. The number of hydrogen-bond donors (Lipinski definition) is 2. The molecule has 2 unspecified atom stereocenters. The number of hydrogen-bond acceptors (Lipinski definition) is 3. The van der Waals surface area contributed by atoms with Crippen LogP contribution in [0.2, 0.25) is 0 Å². The molecule has 1 aliphatic heterocycles. The minimum atomic E-state index is 0.323. The van der Waals surface area contributed by atoms with Crippen molar-refractivity contribution in [3.63, 3.8) is 0 Å². The van der Waals surface area contributed by atoms with Crippen LogP contribution in [-0.4, -0.2) is 29.5 Å². The van der Waals surface area contributed by atoms with Crippen molar-refractivity contribution in [2.45, 2.75) is 31.8 Å². The molecule has 2 atom stereocenters. The summed E-state index contributed by atoms with van der Waals surface area (Å²) in [7, 11) is 0. The van der Waals surface area contributed by atoms with Crippen LogP contribution in [0.5, 0.6) is 0 Å². The van der Waals surface area contributed by atoms with Gasteiger partial charge in [-0.3, -0.25) is 5.10 Å². The average molecular weight is 195 g/mol. The molecule has 2 heterocycles. The molecule has 0 radical (unpaired) electrons. The van der Waals surface area contributed by atoms with E-state index in [0.717, 1.165) is 25.3 Å². The Morgan fingerprint density at radius 1 is 1.71 bits per heavy atom. The van der Waals surface area contributed by atoms with Crippen LogP contribution in [0.25, 0.3) is 0 Å². The van der Waals surface area contributed by atoms with Gasteiger partial charge in [0.05, 0.1) is 12.3 Å². The van der Waals surface area contributed by atoms with E-state index in [4.69, 9.17) is 4.74 Å². The molecule has 1 fully saturated rings. The Balaban J connectivity index is 1.84. The molecule has 0 spiro atoms. The summed E-state index contributed by atoms with van der Waals surface area (Å²) in [4.78, 5) is 0. The second-order valence-corrected chi connectivity index (χ2v) is 3.81. The minimum absolute atomic E-state index is 0.323. The normalized spacial score (nSPS) is 24.8. The molecule has 1 aliphatic rings. The number of rotatable bonds is 3. The Bertz CT molecular complexity index is 254. The lowest BCUT2D eigenvalue weighted by Gasteiger charge is -2.26. The lowest BCUT2D eigenvalue weighted by Crippen LogP contribution is -2.38. The van der Waals surface area contributed by atoms with Gasteiger partial charge in [0.15, 0.2) is 0 Å². The van der Waals surface area contributed by atoms with Crippen LogP contribution in [0.15, 0.2) is 12.3 Å². The van der Waals surface area contributed by atoms with E-state index in [1.165, 1.54) is 6.42 Å². The van der Waals surface area contributed by atoms with Gasteiger partial charge in [0.1, 0.15) is 0 Å². The van der Waals surface area contributed by atoms with Crippen molar-refractivity contribution in [1.82, 2.24) is 15.5 Å². The monoisotopic (exact) mass is 195 g/mol. The first kappa shape index (κ1) is 9.68. The Kier molecular flexibility index (Phi) is 3.16. The Morgan fingerprint density at radius 3 is 3.29 bits per heavy atom. The zero-order chi connectivity index (χ0) is 9.80. The van der Waals surface area contributed by atoms with Gasteiger partial charge in [-0.25, -0.2) is 0 Å². The molecule has 2 N–H and O–H groups in total. The lowest BCUT2D eigenvalue weighted by atomic mass is 10.1. The van der Waals surface area contributed by atoms with Crippen molar-refractivity contribution in [3.8, 4) is 0 Å². The molecule has 0 saturated carbocycles. The van der Waals surface area contributed by atoms with Crippen LogP contribution < -0.4 is 5.32 Å². The van der Waals surface area contributed by atoms with Gasteiger partial charge in [-0.1, -0.05) is 0 Å². The highest BCUT2D eigenvalue weighted by Crippen LogP contribution is 2.13. The van der Waals surface area contributed by atoms with Crippen LogP contribution in [-0.2, 0) is 4.74 Å². The fourth-order valence-electron chi connectivity index (χ4n) is 1.82. The molecule has 0 amide bonds. The van der Waals surface area contributed by atoms with Gasteiger partial charge in [-0.2, -0.15) is 5.10 Å². The average Bonchev–Trinajstić information content (AvgIpc) is 2.72. The van der Waals surface area contributed by atoms with Crippen LogP contribution >= 0.6 is 0 Å². The first-order valence-corrected chi connectivity index (χ1v) is 5.19. The topological polar surface area (TPSA) is 49.9 Å². The SMILES string of the molecule is CC(NC1CCCOC1)c1ccn[nH]1. The quantitative estimate of drug-likeness (QED) is 0.763. The van der Waals surface area contributed by atoms with Crippen molar-refractivity contribution in [3.05, 3.63) is 18.0 Å². The largest absolute Gasteiger partial charge is 0.380 e. The number of nitrogens with one attached hydrogen (secondary N) is 2. The van der Waals surface area contributed by atoms with Crippen molar-refractivity contribution in [1.29, 1.82) is 0 Å². The third kappa shape index (κ3) is 2.33. The van der Waals surface area contributed by atoms with Gasteiger partial charge in [0.2, 0.25) is 0 Å². The van der Waals surface area contributed by atoms with Crippen LogP contribution in [0.3, 0.4) is 0 Å². The Morgan fingerprint density at radius 2 is 2.64 bits per heavy atom. The highest BCUT2D eigenvalue weighted by Gasteiger charge is 2.16. The maximum absolute atomic E-state index is 5.41. The van der Waals surface area contributed by atoms with Crippen molar-refractivity contribution in [2.24, 2.45) is 0 Å². The maximum Gasteiger partial charge on any atom is 0.0619 e. The van der Waals surface area contributed by atoms with Crippen LogP contribution in [0.1, 0.15) is 31.5 Å². The molecule has 2 rings (SSSR count). The maximum atomic E-state index is 5.41. The zero-order valence-electron chi connectivity index (χ0n) is 8.49. The first-order chi connectivity index (χ1) is 6.86. The van der Waals surface area contributed by atoms with Gasteiger partial charge in [0, 0.05) is 24.9 Å². The number of nitrogens with zero attached hydrogens (tertiary/aromatic N) is 1. The van der Waals surface area contributed by atoms with E-state index < -0.39 is 0 Å². The standard InChI is InChI=1S/C10H17N3O/c1-8(10-4-5-11-13-10)12-9-3-2-6-14-7-9/h4-5,8-9,12H,2-3,6-7H2,1H3,(H,11,13). The Labute approximate surface area is 84.0 Å². The van der Waals surface area contributed by atoms with Gasteiger partial charge >= 0.3 is 0 Å². The van der Waals surface area contributed by atoms with E-state index in [0.29, 0.717) is 12.1 Å². The molecule has 1 aromatic rings. The van der Waals surface area contributed by atoms with E-state index in [-0.39, 0.29) is 0 Å². The molecular formula is C10H17N3O.